The Morgan fingerprint density at radius 1 is 1.07 bits per heavy atom. The van der Waals surface area contributed by atoms with Crippen LogP contribution in [0.25, 0.3) is 10.8 Å². The van der Waals surface area contributed by atoms with Crippen LogP contribution >= 0.6 is 0 Å². The zero-order valence-corrected chi connectivity index (χ0v) is 15.1. The van der Waals surface area contributed by atoms with Crippen molar-refractivity contribution in [2.45, 2.75) is 37.7 Å². The van der Waals surface area contributed by atoms with Crippen molar-refractivity contribution in [2.24, 2.45) is 0 Å². The van der Waals surface area contributed by atoms with Gasteiger partial charge in [0, 0.05) is 37.4 Å². The van der Waals surface area contributed by atoms with E-state index in [0.717, 1.165) is 16.8 Å². The number of alkyl halides is 3. The summed E-state index contributed by atoms with van der Waals surface area (Å²) in [5.74, 6) is -1.66. The number of hydrogen-bond donors (Lipinski definition) is 1. The highest BCUT2D eigenvalue weighted by atomic mass is 19.4. The fraction of sp³-hybridized carbons (Fsp3) is 0.286. The minimum absolute atomic E-state index is 0. The van der Waals surface area contributed by atoms with Crippen LogP contribution in [0.3, 0.4) is 0 Å². The summed E-state index contributed by atoms with van der Waals surface area (Å²) in [5.41, 5.74) is -0.799. The van der Waals surface area contributed by atoms with Crippen molar-refractivity contribution < 1.29 is 28.1 Å². The van der Waals surface area contributed by atoms with Crippen molar-refractivity contribution >= 4 is 10.8 Å². The van der Waals surface area contributed by atoms with Gasteiger partial charge in [-0.05, 0) is 54.6 Å². The Balaban J connectivity index is 0.00000256. The van der Waals surface area contributed by atoms with Gasteiger partial charge in [0.2, 0.25) is 0 Å². The van der Waals surface area contributed by atoms with E-state index >= 15 is 0 Å². The van der Waals surface area contributed by atoms with E-state index in [1.807, 2.05) is 0 Å². The van der Waals surface area contributed by atoms with Crippen molar-refractivity contribution in [2.75, 3.05) is 0 Å². The van der Waals surface area contributed by atoms with Crippen LogP contribution in [0.15, 0.2) is 48.8 Å². The van der Waals surface area contributed by atoms with Gasteiger partial charge >= 0.3 is 6.18 Å². The first-order valence-corrected chi connectivity index (χ1v) is 9.09. The van der Waals surface area contributed by atoms with E-state index in [2.05, 4.69) is 10.3 Å². The molecule has 0 bridgehead atoms. The standard InChI is InChI=1S/C21H17F5N2O.H2/c22-19-3-1-12-10-27-6-5-16(12)17(19)11-28-13-7-15(8-13)29-14-2-4-20(23)18(9-14)21(24,25)26;/h1-6,9-10,13,15,28H,7-8,11H2;1H. The van der Waals surface area contributed by atoms with E-state index in [-0.39, 0.29) is 25.1 Å². The number of nitrogens with zero attached hydrogens (tertiary/aromatic N) is 1. The molecule has 29 heavy (non-hydrogen) atoms. The molecule has 1 heterocycles. The van der Waals surface area contributed by atoms with Crippen molar-refractivity contribution in [1.82, 2.24) is 10.3 Å². The largest absolute Gasteiger partial charge is 0.490 e. The van der Waals surface area contributed by atoms with Crippen molar-refractivity contribution in [3.05, 3.63) is 71.6 Å². The normalized spacial score (nSPS) is 19.2. The summed E-state index contributed by atoms with van der Waals surface area (Å²) in [6.45, 7) is 0.319. The summed E-state index contributed by atoms with van der Waals surface area (Å²) in [4.78, 5) is 4.03. The topological polar surface area (TPSA) is 34.1 Å². The molecule has 0 radical (unpaired) electrons. The second kappa shape index (κ2) is 7.59. The Morgan fingerprint density at radius 3 is 2.59 bits per heavy atom. The SMILES string of the molecule is Fc1ccc(OC2CC(NCc3c(F)ccc4cnccc34)C2)cc1C(F)(F)F.[HH]. The molecule has 0 aliphatic heterocycles. The maximum Gasteiger partial charge on any atom is 0.419 e. The van der Waals surface area contributed by atoms with Gasteiger partial charge < -0.3 is 10.1 Å². The van der Waals surface area contributed by atoms with Gasteiger partial charge in [-0.25, -0.2) is 8.78 Å². The molecule has 3 aromatic rings. The van der Waals surface area contributed by atoms with Crippen molar-refractivity contribution in [3.8, 4) is 5.75 Å². The van der Waals surface area contributed by atoms with E-state index in [0.29, 0.717) is 31.0 Å². The average Bonchev–Trinajstić information content (AvgIpc) is 2.65. The molecule has 1 N–H and O–H groups in total. The van der Waals surface area contributed by atoms with E-state index in [1.165, 1.54) is 12.1 Å². The fourth-order valence-electron chi connectivity index (χ4n) is 3.45. The van der Waals surface area contributed by atoms with Crippen LogP contribution in [0, 0.1) is 11.6 Å². The molecule has 0 amide bonds. The second-order valence-corrected chi connectivity index (χ2v) is 7.05. The van der Waals surface area contributed by atoms with E-state index in [4.69, 9.17) is 4.74 Å². The van der Waals surface area contributed by atoms with Crippen LogP contribution in [-0.2, 0) is 12.7 Å². The maximum atomic E-state index is 14.2. The third kappa shape index (κ3) is 4.17. The molecule has 154 valence electrons. The molecule has 0 saturated heterocycles. The van der Waals surface area contributed by atoms with Gasteiger partial charge in [0.15, 0.2) is 0 Å². The van der Waals surface area contributed by atoms with Gasteiger partial charge in [0.05, 0.1) is 5.56 Å². The number of pyridine rings is 1. The summed E-state index contributed by atoms with van der Waals surface area (Å²) in [7, 11) is 0. The first-order valence-electron chi connectivity index (χ1n) is 9.09. The van der Waals surface area contributed by atoms with Gasteiger partial charge in [-0.2, -0.15) is 13.2 Å². The van der Waals surface area contributed by atoms with Crippen LogP contribution in [0.4, 0.5) is 22.0 Å². The Hall–Kier alpha value is -2.74. The Kier molecular flexibility index (Phi) is 5.12. The second-order valence-electron chi connectivity index (χ2n) is 7.05. The Morgan fingerprint density at radius 2 is 1.83 bits per heavy atom. The van der Waals surface area contributed by atoms with E-state index < -0.39 is 17.6 Å². The lowest BCUT2D eigenvalue weighted by atomic mass is 9.89. The molecule has 2 aromatic carbocycles. The van der Waals surface area contributed by atoms with Crippen LogP contribution in [0.5, 0.6) is 5.75 Å². The summed E-state index contributed by atoms with van der Waals surface area (Å²) in [6, 6.07) is 7.51. The highest BCUT2D eigenvalue weighted by Crippen LogP contribution is 2.35. The molecule has 1 aromatic heterocycles. The molecular formula is C21H19F5N2O. The van der Waals surface area contributed by atoms with Crippen LogP contribution in [0.2, 0.25) is 0 Å². The summed E-state index contributed by atoms with van der Waals surface area (Å²) >= 11 is 0. The molecule has 1 fully saturated rings. The number of ether oxygens (including phenoxy) is 1. The minimum Gasteiger partial charge on any atom is -0.490 e. The molecule has 1 aliphatic carbocycles. The number of fused-ring (bicyclic) bond motifs is 1. The maximum absolute atomic E-state index is 14.2. The average molecular weight is 410 g/mol. The molecule has 0 spiro atoms. The van der Waals surface area contributed by atoms with E-state index in [1.54, 1.807) is 24.5 Å². The highest BCUT2D eigenvalue weighted by Gasteiger charge is 2.35. The molecular weight excluding hydrogens is 391 g/mol. The smallest absolute Gasteiger partial charge is 0.419 e. The zero-order chi connectivity index (χ0) is 20.6. The predicted molar refractivity (Wildman–Crippen MR) is 99.5 cm³/mol. The molecule has 1 aliphatic rings. The molecule has 0 atom stereocenters. The molecule has 4 rings (SSSR count). The molecule has 3 nitrogen and oxygen atoms in total. The fourth-order valence-corrected chi connectivity index (χ4v) is 3.45. The predicted octanol–water partition coefficient (Wildman–Crippen LogP) is 5.48. The summed E-state index contributed by atoms with van der Waals surface area (Å²) < 4.78 is 71.5. The van der Waals surface area contributed by atoms with Crippen LogP contribution in [-0.4, -0.2) is 17.1 Å². The van der Waals surface area contributed by atoms with Crippen LogP contribution < -0.4 is 10.1 Å². The van der Waals surface area contributed by atoms with Gasteiger partial charge in [-0.1, -0.05) is 0 Å². The lowest BCUT2D eigenvalue weighted by molar-refractivity contribution is -0.140. The zero-order valence-electron chi connectivity index (χ0n) is 15.1. The van der Waals surface area contributed by atoms with E-state index in [9.17, 15) is 22.0 Å². The minimum atomic E-state index is -4.77. The van der Waals surface area contributed by atoms with Gasteiger partial charge in [0.1, 0.15) is 23.5 Å². The first-order chi connectivity index (χ1) is 13.8. The van der Waals surface area contributed by atoms with Crippen LogP contribution in [0.1, 0.15) is 25.4 Å². The highest BCUT2D eigenvalue weighted by molar-refractivity contribution is 5.84. The molecule has 1 saturated carbocycles. The Labute approximate surface area is 165 Å². The summed E-state index contributed by atoms with van der Waals surface area (Å²) in [5, 5.41) is 4.88. The number of rotatable bonds is 5. The summed E-state index contributed by atoms with van der Waals surface area (Å²) in [6.07, 6.45) is -0.648. The van der Waals surface area contributed by atoms with Gasteiger partial charge in [-0.3, -0.25) is 4.98 Å². The number of aromatic nitrogens is 1. The van der Waals surface area contributed by atoms with Crippen molar-refractivity contribution in [1.29, 1.82) is 0 Å². The number of hydrogen-bond acceptors (Lipinski definition) is 3. The third-order valence-electron chi connectivity index (χ3n) is 5.08. The lowest BCUT2D eigenvalue weighted by Gasteiger charge is -2.36. The van der Waals surface area contributed by atoms with Gasteiger partial charge in [0.25, 0.3) is 0 Å². The quantitative estimate of drug-likeness (QED) is 0.566. The lowest BCUT2D eigenvalue weighted by Crippen LogP contribution is -2.46. The Bertz CT molecular complexity index is 1040. The van der Waals surface area contributed by atoms with Gasteiger partial charge in [-0.15, -0.1) is 0 Å². The number of nitrogens with one attached hydrogen (secondary N) is 1. The molecule has 8 heteroatoms. The monoisotopic (exact) mass is 410 g/mol. The molecule has 0 unspecified atom stereocenters. The van der Waals surface area contributed by atoms with Crippen molar-refractivity contribution in [3.63, 3.8) is 0 Å². The first kappa shape index (κ1) is 19.6. The number of benzene rings is 2. The third-order valence-corrected chi connectivity index (χ3v) is 5.08. The number of halogens is 5.